The Morgan fingerprint density at radius 3 is 2.45 bits per heavy atom. The second kappa shape index (κ2) is 2.58. The summed E-state index contributed by atoms with van der Waals surface area (Å²) < 4.78 is 32.7. The fourth-order valence-electron chi connectivity index (χ4n) is 0.654. The molecule has 0 aromatic carbocycles. The summed E-state index contributed by atoms with van der Waals surface area (Å²) in [6.45, 7) is 1.59. The summed E-state index contributed by atoms with van der Waals surface area (Å²) in [5.74, 6) is 0. The largest absolute Gasteiger partial charge is 0.349 e. The first-order chi connectivity index (χ1) is 5.00. The van der Waals surface area contributed by atoms with Crippen LogP contribution in [0.1, 0.15) is 5.69 Å². The lowest BCUT2D eigenvalue weighted by molar-refractivity contribution is 0.547. The van der Waals surface area contributed by atoms with Crippen LogP contribution in [0.25, 0.3) is 0 Å². The van der Waals surface area contributed by atoms with Crippen LogP contribution in [-0.4, -0.2) is 13.4 Å². The molecule has 5 heteroatoms. The number of aryl methyl sites for hydroxylation is 1. The highest BCUT2D eigenvalue weighted by atomic mass is 32.3. The Kier molecular flexibility index (Phi) is 1.90. The van der Waals surface area contributed by atoms with Gasteiger partial charge in [0.2, 0.25) is 0 Å². The third kappa shape index (κ3) is 1.98. The average Bonchev–Trinajstić information content (AvgIpc) is 1.86. The molecular weight excluding hydrogens is 169 g/mol. The standard InChI is InChI=1S/C6H6FNO2S/c1-5-3-2-4-6(8-5)11(7,9)10/h2-4H,1H3. The van der Waals surface area contributed by atoms with Crippen LogP contribution in [0.4, 0.5) is 3.89 Å². The van der Waals surface area contributed by atoms with Gasteiger partial charge in [0.1, 0.15) is 0 Å². The minimum Gasteiger partial charge on any atom is -0.239 e. The Morgan fingerprint density at radius 1 is 1.45 bits per heavy atom. The molecule has 1 rings (SSSR count). The summed E-state index contributed by atoms with van der Waals surface area (Å²) in [5.41, 5.74) is 0.476. The van der Waals surface area contributed by atoms with Crippen LogP contribution in [0.5, 0.6) is 0 Å². The van der Waals surface area contributed by atoms with E-state index in [1.165, 1.54) is 6.07 Å². The molecule has 0 amide bonds. The highest BCUT2D eigenvalue weighted by Crippen LogP contribution is 2.08. The molecule has 1 heterocycles. The molecule has 1 aromatic heterocycles. The van der Waals surface area contributed by atoms with E-state index in [0.29, 0.717) is 5.69 Å². The third-order valence-electron chi connectivity index (χ3n) is 1.11. The van der Waals surface area contributed by atoms with E-state index in [1.807, 2.05) is 0 Å². The molecule has 3 nitrogen and oxygen atoms in total. The van der Waals surface area contributed by atoms with E-state index >= 15 is 0 Å². The van der Waals surface area contributed by atoms with Crippen molar-refractivity contribution >= 4 is 10.2 Å². The molecule has 0 spiro atoms. The van der Waals surface area contributed by atoms with Crippen molar-refractivity contribution in [3.05, 3.63) is 23.9 Å². The Balaban J connectivity index is 3.28. The quantitative estimate of drug-likeness (QED) is 0.599. The van der Waals surface area contributed by atoms with Gasteiger partial charge in [-0.15, -0.1) is 0 Å². The summed E-state index contributed by atoms with van der Waals surface area (Å²) in [5, 5.41) is -0.530. The van der Waals surface area contributed by atoms with Gasteiger partial charge in [-0.25, -0.2) is 4.98 Å². The monoisotopic (exact) mass is 175 g/mol. The molecule has 0 bridgehead atoms. The normalized spacial score (nSPS) is 11.5. The van der Waals surface area contributed by atoms with E-state index in [1.54, 1.807) is 13.0 Å². The minimum atomic E-state index is -4.64. The van der Waals surface area contributed by atoms with E-state index in [0.717, 1.165) is 6.07 Å². The summed E-state index contributed by atoms with van der Waals surface area (Å²) >= 11 is 0. The molecule has 60 valence electrons. The van der Waals surface area contributed by atoms with E-state index < -0.39 is 15.2 Å². The van der Waals surface area contributed by atoms with Crippen molar-refractivity contribution in [3.8, 4) is 0 Å². The fourth-order valence-corrected chi connectivity index (χ4v) is 1.15. The van der Waals surface area contributed by atoms with Crippen molar-refractivity contribution in [1.29, 1.82) is 0 Å². The SMILES string of the molecule is Cc1cccc(S(=O)(=O)F)n1. The fraction of sp³-hybridized carbons (Fsp3) is 0.167. The third-order valence-corrected chi connectivity index (χ3v) is 1.84. The average molecular weight is 175 g/mol. The number of aromatic nitrogens is 1. The highest BCUT2D eigenvalue weighted by Gasteiger charge is 2.12. The first-order valence-corrected chi connectivity index (χ1v) is 4.27. The predicted octanol–water partition coefficient (Wildman–Crippen LogP) is 1.05. The van der Waals surface area contributed by atoms with E-state index in [2.05, 4.69) is 4.98 Å². The summed E-state index contributed by atoms with van der Waals surface area (Å²) in [6, 6.07) is 4.14. The molecule has 0 atom stereocenters. The van der Waals surface area contributed by atoms with Gasteiger partial charge in [0.25, 0.3) is 0 Å². The van der Waals surface area contributed by atoms with Gasteiger partial charge in [0, 0.05) is 5.69 Å². The molecule has 0 unspecified atom stereocenters. The highest BCUT2D eigenvalue weighted by molar-refractivity contribution is 7.86. The smallest absolute Gasteiger partial charge is 0.239 e. The molecule has 11 heavy (non-hydrogen) atoms. The number of nitrogens with zero attached hydrogens (tertiary/aromatic N) is 1. The second-order valence-electron chi connectivity index (χ2n) is 2.06. The summed E-state index contributed by atoms with van der Waals surface area (Å²) in [4.78, 5) is 3.48. The Labute approximate surface area is 64.1 Å². The summed E-state index contributed by atoms with van der Waals surface area (Å²) in [7, 11) is -4.64. The van der Waals surface area contributed by atoms with E-state index in [-0.39, 0.29) is 0 Å². The zero-order valence-electron chi connectivity index (χ0n) is 5.78. The van der Waals surface area contributed by atoms with Crippen molar-refractivity contribution in [3.63, 3.8) is 0 Å². The maximum absolute atomic E-state index is 12.2. The molecule has 0 aliphatic carbocycles. The van der Waals surface area contributed by atoms with Crippen molar-refractivity contribution in [1.82, 2.24) is 4.98 Å². The molecule has 1 aromatic rings. The lowest BCUT2D eigenvalue weighted by atomic mass is 10.4. The van der Waals surface area contributed by atoms with Gasteiger partial charge in [-0.2, -0.15) is 8.42 Å². The van der Waals surface area contributed by atoms with Crippen LogP contribution in [-0.2, 0) is 10.2 Å². The zero-order chi connectivity index (χ0) is 8.48. The van der Waals surface area contributed by atoms with Crippen LogP contribution in [0.15, 0.2) is 23.2 Å². The maximum atomic E-state index is 12.2. The Bertz CT molecular complexity index is 361. The topological polar surface area (TPSA) is 47.0 Å². The number of hydrogen-bond acceptors (Lipinski definition) is 3. The van der Waals surface area contributed by atoms with Gasteiger partial charge in [-0.05, 0) is 19.1 Å². The molecule has 0 saturated heterocycles. The van der Waals surface area contributed by atoms with Crippen molar-refractivity contribution < 1.29 is 12.3 Å². The molecule has 0 aliphatic heterocycles. The molecule has 0 saturated carbocycles. The number of halogens is 1. The Hall–Kier alpha value is -0.970. The maximum Gasteiger partial charge on any atom is 0.349 e. The molecule has 0 N–H and O–H groups in total. The lowest BCUT2D eigenvalue weighted by Gasteiger charge is -1.93. The lowest BCUT2D eigenvalue weighted by Crippen LogP contribution is -1.96. The molecule has 0 fully saturated rings. The van der Waals surface area contributed by atoms with Crippen LogP contribution >= 0.6 is 0 Å². The van der Waals surface area contributed by atoms with Crippen LogP contribution in [0, 0.1) is 6.92 Å². The van der Waals surface area contributed by atoms with Crippen molar-refractivity contribution in [2.45, 2.75) is 11.9 Å². The molecule has 0 radical (unpaired) electrons. The predicted molar refractivity (Wildman–Crippen MR) is 37.3 cm³/mol. The van der Waals surface area contributed by atoms with E-state index in [9.17, 15) is 12.3 Å². The van der Waals surface area contributed by atoms with Gasteiger partial charge in [0.15, 0.2) is 5.03 Å². The number of hydrogen-bond donors (Lipinski definition) is 0. The van der Waals surface area contributed by atoms with Gasteiger partial charge in [-0.1, -0.05) is 9.95 Å². The zero-order valence-corrected chi connectivity index (χ0v) is 6.60. The molecular formula is C6H6FNO2S. The van der Waals surface area contributed by atoms with Crippen LogP contribution in [0.3, 0.4) is 0 Å². The minimum absolute atomic E-state index is 0.476. The first-order valence-electron chi connectivity index (χ1n) is 2.88. The Morgan fingerprint density at radius 2 is 2.09 bits per heavy atom. The van der Waals surface area contributed by atoms with Crippen molar-refractivity contribution in [2.24, 2.45) is 0 Å². The van der Waals surface area contributed by atoms with Gasteiger partial charge in [-0.3, -0.25) is 0 Å². The van der Waals surface area contributed by atoms with E-state index in [4.69, 9.17) is 0 Å². The number of rotatable bonds is 1. The second-order valence-corrected chi connectivity index (χ2v) is 3.35. The van der Waals surface area contributed by atoms with Crippen LogP contribution < -0.4 is 0 Å². The van der Waals surface area contributed by atoms with Crippen LogP contribution in [0.2, 0.25) is 0 Å². The first kappa shape index (κ1) is 8.13. The summed E-state index contributed by atoms with van der Waals surface area (Å²) in [6.07, 6.45) is 0. The van der Waals surface area contributed by atoms with Gasteiger partial charge < -0.3 is 0 Å². The van der Waals surface area contributed by atoms with Gasteiger partial charge >= 0.3 is 10.2 Å². The van der Waals surface area contributed by atoms with Crippen molar-refractivity contribution in [2.75, 3.05) is 0 Å². The number of pyridine rings is 1. The molecule has 0 aliphatic rings. The van der Waals surface area contributed by atoms with Gasteiger partial charge in [0.05, 0.1) is 0 Å².